The summed E-state index contributed by atoms with van der Waals surface area (Å²) in [6, 6.07) is -2.79. The Morgan fingerprint density at radius 2 is 1.67 bits per heavy atom. The second kappa shape index (κ2) is 5.23. The third-order valence-electron chi connectivity index (χ3n) is 2.11. The highest BCUT2D eigenvalue weighted by Crippen LogP contribution is 2.08. The minimum Gasteiger partial charge on any atom is -0.480 e. The zero-order valence-electron chi connectivity index (χ0n) is 8.80. The Morgan fingerprint density at radius 1 is 1.17 bits per heavy atom. The van der Waals surface area contributed by atoms with Crippen molar-refractivity contribution in [3.05, 3.63) is 0 Å². The van der Waals surface area contributed by atoms with Crippen molar-refractivity contribution >= 4 is 29.8 Å². The monoisotopic (exact) mass is 259 g/mol. The Labute approximate surface area is 99.3 Å². The molecule has 1 aliphatic rings. The standard InChI is InChI=1S/C8H9N3O7/c12-2(13)1-9-4(7(16)17)3-5(14)10-8(18)11-6(3)15/h3-4,9H,1H2,(H,12,13)(H,16,17)(H2,10,11,14,15,18). The van der Waals surface area contributed by atoms with Gasteiger partial charge in [0.2, 0.25) is 11.8 Å². The zero-order chi connectivity index (χ0) is 13.9. The lowest BCUT2D eigenvalue weighted by Gasteiger charge is -2.25. The number of imide groups is 2. The van der Waals surface area contributed by atoms with Crippen molar-refractivity contribution in [1.82, 2.24) is 16.0 Å². The second-order valence-corrected chi connectivity index (χ2v) is 3.38. The number of rotatable bonds is 5. The summed E-state index contributed by atoms with van der Waals surface area (Å²) in [4.78, 5) is 54.7. The third-order valence-corrected chi connectivity index (χ3v) is 2.11. The average Bonchev–Trinajstić information content (AvgIpc) is 2.20. The number of barbiturate groups is 1. The van der Waals surface area contributed by atoms with Crippen LogP contribution in [-0.4, -0.2) is 52.6 Å². The number of carboxylic acids is 2. The van der Waals surface area contributed by atoms with Crippen LogP contribution in [0, 0.1) is 5.92 Å². The zero-order valence-corrected chi connectivity index (χ0v) is 8.80. The Kier molecular flexibility index (Phi) is 3.94. The molecular formula is C8H9N3O7. The van der Waals surface area contributed by atoms with E-state index in [0.717, 1.165) is 0 Å². The van der Waals surface area contributed by atoms with Crippen molar-refractivity contribution in [2.75, 3.05) is 6.54 Å². The SMILES string of the molecule is O=C(O)CNC(C(=O)O)C1C(=O)NC(=O)NC1=O. The van der Waals surface area contributed by atoms with E-state index in [1.54, 1.807) is 10.6 Å². The van der Waals surface area contributed by atoms with Crippen LogP contribution in [0.1, 0.15) is 0 Å². The van der Waals surface area contributed by atoms with Crippen molar-refractivity contribution < 1.29 is 34.2 Å². The molecule has 1 fully saturated rings. The van der Waals surface area contributed by atoms with Gasteiger partial charge in [0.15, 0.2) is 0 Å². The summed E-state index contributed by atoms with van der Waals surface area (Å²) in [6.45, 7) is -0.748. The topological polar surface area (TPSA) is 162 Å². The molecule has 1 heterocycles. The first-order valence-corrected chi connectivity index (χ1v) is 4.66. The van der Waals surface area contributed by atoms with Crippen molar-refractivity contribution in [2.45, 2.75) is 6.04 Å². The molecule has 4 amide bonds. The molecule has 1 saturated heterocycles. The molecule has 1 unspecified atom stereocenters. The number of hydrogen-bond acceptors (Lipinski definition) is 6. The molecule has 0 aromatic rings. The Hall–Kier alpha value is -2.49. The summed E-state index contributed by atoms with van der Waals surface area (Å²) in [5.41, 5.74) is 0. The van der Waals surface area contributed by atoms with Gasteiger partial charge < -0.3 is 10.2 Å². The van der Waals surface area contributed by atoms with E-state index in [9.17, 15) is 24.0 Å². The molecule has 0 radical (unpaired) electrons. The molecule has 18 heavy (non-hydrogen) atoms. The molecule has 0 bridgehead atoms. The number of nitrogens with one attached hydrogen (secondary N) is 3. The molecular weight excluding hydrogens is 250 g/mol. The number of amides is 4. The van der Waals surface area contributed by atoms with Crippen LogP contribution in [-0.2, 0) is 19.2 Å². The second-order valence-electron chi connectivity index (χ2n) is 3.38. The largest absolute Gasteiger partial charge is 0.480 e. The van der Waals surface area contributed by atoms with Crippen LogP contribution in [0.3, 0.4) is 0 Å². The highest BCUT2D eigenvalue weighted by atomic mass is 16.4. The molecule has 0 aliphatic carbocycles. The van der Waals surface area contributed by atoms with E-state index in [2.05, 4.69) is 0 Å². The van der Waals surface area contributed by atoms with Crippen LogP contribution < -0.4 is 16.0 Å². The lowest BCUT2D eigenvalue weighted by atomic mass is 9.96. The first-order valence-electron chi connectivity index (χ1n) is 4.66. The molecule has 0 saturated carbocycles. The normalized spacial score (nSPS) is 17.9. The fourth-order valence-electron chi connectivity index (χ4n) is 1.38. The number of aliphatic carboxylic acids is 2. The quantitative estimate of drug-likeness (QED) is 0.328. The van der Waals surface area contributed by atoms with Gasteiger partial charge in [0.1, 0.15) is 12.0 Å². The van der Waals surface area contributed by atoms with E-state index in [1.807, 2.05) is 5.32 Å². The maximum Gasteiger partial charge on any atom is 0.328 e. The predicted octanol–water partition coefficient (Wildman–Crippen LogP) is -2.90. The highest BCUT2D eigenvalue weighted by molar-refractivity contribution is 6.18. The summed E-state index contributed by atoms with van der Waals surface area (Å²) in [5.74, 6) is -6.86. The molecule has 10 heteroatoms. The van der Waals surface area contributed by atoms with Gasteiger partial charge in [0.25, 0.3) is 0 Å². The summed E-state index contributed by atoms with van der Waals surface area (Å²) in [6.07, 6.45) is 0. The van der Waals surface area contributed by atoms with Crippen LogP contribution in [0.2, 0.25) is 0 Å². The van der Waals surface area contributed by atoms with E-state index in [1.165, 1.54) is 0 Å². The van der Waals surface area contributed by atoms with E-state index in [4.69, 9.17) is 10.2 Å². The van der Waals surface area contributed by atoms with Gasteiger partial charge in [-0.3, -0.25) is 35.1 Å². The summed E-state index contributed by atoms with van der Waals surface area (Å²) < 4.78 is 0. The molecule has 5 N–H and O–H groups in total. The highest BCUT2D eigenvalue weighted by Gasteiger charge is 2.43. The Morgan fingerprint density at radius 3 is 2.06 bits per heavy atom. The molecule has 1 rings (SSSR count). The third kappa shape index (κ3) is 3.01. The fraction of sp³-hybridized carbons (Fsp3) is 0.375. The Bertz CT molecular complexity index is 412. The number of hydrogen-bond donors (Lipinski definition) is 5. The maximum atomic E-state index is 11.4. The number of urea groups is 1. The average molecular weight is 259 g/mol. The van der Waals surface area contributed by atoms with E-state index < -0.39 is 48.3 Å². The molecule has 1 aliphatic heterocycles. The van der Waals surface area contributed by atoms with Gasteiger partial charge >= 0.3 is 18.0 Å². The van der Waals surface area contributed by atoms with Crippen LogP contribution in [0.4, 0.5) is 4.79 Å². The molecule has 0 aromatic carbocycles. The lowest BCUT2D eigenvalue weighted by molar-refractivity contribution is -0.150. The van der Waals surface area contributed by atoms with Gasteiger partial charge in [-0.15, -0.1) is 0 Å². The van der Waals surface area contributed by atoms with Crippen LogP contribution in [0.15, 0.2) is 0 Å². The summed E-state index contributed by atoms with van der Waals surface area (Å²) >= 11 is 0. The number of carbonyl (C=O) groups is 5. The summed E-state index contributed by atoms with van der Waals surface area (Å²) in [7, 11) is 0. The van der Waals surface area contributed by atoms with Gasteiger partial charge in [0.05, 0.1) is 6.54 Å². The van der Waals surface area contributed by atoms with Crippen LogP contribution in [0.25, 0.3) is 0 Å². The molecule has 98 valence electrons. The number of carboxylic acid groups (broad SMARTS) is 2. The van der Waals surface area contributed by atoms with Crippen molar-refractivity contribution in [3.63, 3.8) is 0 Å². The van der Waals surface area contributed by atoms with Gasteiger partial charge in [-0.1, -0.05) is 0 Å². The van der Waals surface area contributed by atoms with Gasteiger partial charge in [-0.2, -0.15) is 0 Å². The van der Waals surface area contributed by atoms with E-state index in [-0.39, 0.29) is 0 Å². The fourth-order valence-corrected chi connectivity index (χ4v) is 1.38. The smallest absolute Gasteiger partial charge is 0.328 e. The lowest BCUT2D eigenvalue weighted by Crippen LogP contribution is -2.63. The van der Waals surface area contributed by atoms with Gasteiger partial charge in [-0.25, -0.2) is 4.79 Å². The van der Waals surface area contributed by atoms with Crippen molar-refractivity contribution in [2.24, 2.45) is 5.92 Å². The first kappa shape index (κ1) is 13.6. The maximum absolute atomic E-state index is 11.4. The molecule has 1 atom stereocenters. The van der Waals surface area contributed by atoms with Crippen molar-refractivity contribution in [3.8, 4) is 0 Å². The molecule has 0 spiro atoms. The van der Waals surface area contributed by atoms with E-state index in [0.29, 0.717) is 0 Å². The minimum absolute atomic E-state index is 0.748. The van der Waals surface area contributed by atoms with Crippen LogP contribution in [0.5, 0.6) is 0 Å². The molecule has 0 aromatic heterocycles. The van der Waals surface area contributed by atoms with Gasteiger partial charge in [0, 0.05) is 0 Å². The van der Waals surface area contributed by atoms with Gasteiger partial charge in [-0.05, 0) is 0 Å². The first-order chi connectivity index (χ1) is 8.32. The van der Waals surface area contributed by atoms with Crippen LogP contribution >= 0.6 is 0 Å². The summed E-state index contributed by atoms with van der Waals surface area (Å²) in [5, 5.41) is 22.7. The predicted molar refractivity (Wildman–Crippen MR) is 52.2 cm³/mol. The Balaban J connectivity index is 2.87. The van der Waals surface area contributed by atoms with E-state index >= 15 is 0 Å². The number of carbonyl (C=O) groups excluding carboxylic acids is 3. The minimum atomic E-state index is -1.74. The molecule has 10 nitrogen and oxygen atoms in total. The van der Waals surface area contributed by atoms with Crippen molar-refractivity contribution in [1.29, 1.82) is 0 Å².